The Bertz CT molecular complexity index is 1100. The third-order valence-corrected chi connectivity index (χ3v) is 4.86. The monoisotopic (exact) mass is 507 g/mol. The predicted octanol–water partition coefficient (Wildman–Crippen LogP) is 3.34. The molecule has 1 aromatic heterocycles. The average molecular weight is 507 g/mol. The van der Waals surface area contributed by atoms with Gasteiger partial charge in [-0.2, -0.15) is 26.3 Å². The van der Waals surface area contributed by atoms with Gasteiger partial charge in [0.15, 0.2) is 5.82 Å². The van der Waals surface area contributed by atoms with Crippen LogP contribution in [0, 0.1) is 0 Å². The lowest BCUT2D eigenvalue weighted by molar-refractivity contribution is -0.143. The number of aromatic nitrogens is 3. The highest BCUT2D eigenvalue weighted by atomic mass is 19.4. The molecule has 0 aliphatic carbocycles. The number of rotatable bonds is 8. The Labute approximate surface area is 194 Å². The van der Waals surface area contributed by atoms with Crippen molar-refractivity contribution in [1.29, 1.82) is 0 Å². The number of imide groups is 1. The third-order valence-electron chi connectivity index (χ3n) is 4.86. The van der Waals surface area contributed by atoms with E-state index in [1.807, 2.05) is 0 Å². The fourth-order valence-corrected chi connectivity index (χ4v) is 3.17. The quantitative estimate of drug-likeness (QED) is 0.310. The molecular weight excluding hydrogens is 488 g/mol. The van der Waals surface area contributed by atoms with Gasteiger partial charge in [0.25, 0.3) is 5.91 Å². The number of hydrogen-bond donors (Lipinski definition) is 0. The number of ether oxygens (including phenoxy) is 2. The lowest BCUT2D eigenvalue weighted by Gasteiger charge is -2.16. The molecule has 1 saturated heterocycles. The molecule has 1 aliphatic heterocycles. The van der Waals surface area contributed by atoms with Crippen LogP contribution in [0.2, 0.25) is 0 Å². The van der Waals surface area contributed by atoms with Crippen LogP contribution in [-0.2, 0) is 26.6 Å². The van der Waals surface area contributed by atoms with Crippen LogP contribution in [0.25, 0.3) is 17.6 Å². The zero-order valence-electron chi connectivity index (χ0n) is 18.4. The molecule has 0 unspecified atom stereocenters. The van der Waals surface area contributed by atoms with Crippen molar-refractivity contribution in [3.8, 4) is 11.4 Å². The van der Waals surface area contributed by atoms with E-state index in [2.05, 4.69) is 10.1 Å². The lowest BCUT2D eigenvalue weighted by atomic mass is 10.0. The van der Waals surface area contributed by atoms with Gasteiger partial charge in [-0.3, -0.25) is 14.6 Å². The van der Waals surface area contributed by atoms with Crippen LogP contribution in [0.5, 0.6) is 0 Å². The summed E-state index contributed by atoms with van der Waals surface area (Å²) in [5, 5.41) is 3.88. The Morgan fingerprint density at radius 1 is 0.886 bits per heavy atom. The maximum absolute atomic E-state index is 13.2. The van der Waals surface area contributed by atoms with Gasteiger partial charge in [-0.1, -0.05) is 0 Å². The van der Waals surface area contributed by atoms with Crippen molar-refractivity contribution in [2.24, 2.45) is 0 Å². The summed E-state index contributed by atoms with van der Waals surface area (Å²) in [5.41, 5.74) is -3.71. The summed E-state index contributed by atoms with van der Waals surface area (Å²) in [6.07, 6.45) is -7.99. The Morgan fingerprint density at radius 2 is 1.43 bits per heavy atom. The molecule has 0 atom stereocenters. The molecule has 0 spiro atoms. The van der Waals surface area contributed by atoms with Crippen LogP contribution < -0.4 is 0 Å². The normalized spacial score (nSPS) is 16.2. The van der Waals surface area contributed by atoms with Crippen molar-refractivity contribution < 1.29 is 45.4 Å². The fourth-order valence-electron chi connectivity index (χ4n) is 3.17. The highest BCUT2D eigenvalue weighted by Gasteiger charge is 2.41. The summed E-state index contributed by atoms with van der Waals surface area (Å²) in [7, 11) is 2.78. The summed E-state index contributed by atoms with van der Waals surface area (Å²) in [6, 6.07) is 0.323. The maximum Gasteiger partial charge on any atom is 0.416 e. The van der Waals surface area contributed by atoms with Gasteiger partial charge in [-0.05, 0) is 18.2 Å². The third kappa shape index (κ3) is 5.79. The first-order valence-corrected chi connectivity index (χ1v) is 9.91. The van der Waals surface area contributed by atoms with E-state index in [4.69, 9.17) is 9.47 Å². The molecule has 35 heavy (non-hydrogen) atoms. The number of amides is 3. The molecule has 0 saturated carbocycles. The van der Waals surface area contributed by atoms with Crippen molar-refractivity contribution in [3.05, 3.63) is 41.4 Å². The lowest BCUT2D eigenvalue weighted by Crippen LogP contribution is -2.36. The van der Waals surface area contributed by atoms with Crippen LogP contribution >= 0.6 is 0 Å². The molecule has 190 valence electrons. The molecule has 2 aromatic rings. The van der Waals surface area contributed by atoms with Crippen molar-refractivity contribution in [2.45, 2.75) is 12.4 Å². The van der Waals surface area contributed by atoms with Gasteiger partial charge in [0, 0.05) is 19.8 Å². The largest absolute Gasteiger partial charge is 0.416 e. The van der Waals surface area contributed by atoms with Gasteiger partial charge in [0.2, 0.25) is 0 Å². The minimum Gasteiger partial charge on any atom is -0.383 e. The van der Waals surface area contributed by atoms with E-state index in [1.165, 1.54) is 14.2 Å². The van der Waals surface area contributed by atoms with Gasteiger partial charge < -0.3 is 9.47 Å². The SMILES string of the molecule is COCCN1C(=O)C(=Cn2cnc(-c3cc(C(F)(F)F)cc(C(F)(F)F)c3)n2)N(CCOC)C1=O. The van der Waals surface area contributed by atoms with Crippen molar-refractivity contribution in [1.82, 2.24) is 24.6 Å². The Balaban J connectivity index is 2.00. The minimum atomic E-state index is -5.04. The van der Waals surface area contributed by atoms with E-state index < -0.39 is 46.8 Å². The Hall–Kier alpha value is -3.46. The maximum atomic E-state index is 13.2. The molecule has 0 radical (unpaired) electrons. The second-order valence-electron chi connectivity index (χ2n) is 7.23. The van der Waals surface area contributed by atoms with E-state index in [0.29, 0.717) is 12.1 Å². The van der Waals surface area contributed by atoms with E-state index in [-0.39, 0.29) is 38.1 Å². The molecule has 3 rings (SSSR count). The molecule has 15 heteroatoms. The van der Waals surface area contributed by atoms with Gasteiger partial charge in [0.05, 0.1) is 43.6 Å². The highest BCUT2D eigenvalue weighted by molar-refractivity contribution is 6.13. The predicted molar refractivity (Wildman–Crippen MR) is 107 cm³/mol. The zero-order chi connectivity index (χ0) is 26.0. The molecule has 1 fully saturated rings. The molecule has 2 heterocycles. The number of benzene rings is 1. The Kier molecular flexibility index (Phi) is 7.50. The number of alkyl halides is 6. The number of carbonyl (C=O) groups is 2. The van der Waals surface area contributed by atoms with Crippen LogP contribution in [0.15, 0.2) is 30.2 Å². The summed E-state index contributed by atoms with van der Waals surface area (Å²) in [4.78, 5) is 31.2. The van der Waals surface area contributed by atoms with E-state index in [0.717, 1.165) is 27.0 Å². The van der Waals surface area contributed by atoms with Crippen molar-refractivity contribution >= 4 is 18.1 Å². The van der Waals surface area contributed by atoms with Gasteiger partial charge in [-0.15, -0.1) is 5.10 Å². The number of nitrogens with zero attached hydrogens (tertiary/aromatic N) is 5. The molecule has 3 amide bonds. The molecule has 1 aromatic carbocycles. The van der Waals surface area contributed by atoms with Gasteiger partial charge in [0.1, 0.15) is 12.0 Å². The summed E-state index contributed by atoms with van der Waals surface area (Å²) in [5.74, 6) is -1.14. The number of methoxy groups -OCH3 is 2. The molecule has 9 nitrogen and oxygen atoms in total. The number of hydrogen-bond acceptors (Lipinski definition) is 6. The molecule has 1 aliphatic rings. The van der Waals surface area contributed by atoms with Crippen molar-refractivity contribution in [2.75, 3.05) is 40.5 Å². The number of halogens is 6. The smallest absolute Gasteiger partial charge is 0.383 e. The Morgan fingerprint density at radius 3 is 1.94 bits per heavy atom. The minimum absolute atomic E-state index is 0.000510. The zero-order valence-corrected chi connectivity index (χ0v) is 18.4. The first-order valence-electron chi connectivity index (χ1n) is 9.91. The standard InChI is InChI=1S/C20H19F6N5O4/c1-34-5-3-30-15(17(32)31(18(30)33)4-6-35-2)10-29-11-27-16(28-29)12-7-13(19(21,22)23)9-14(8-12)20(24,25)26/h7-11H,3-6H2,1-2H3. The summed E-state index contributed by atoms with van der Waals surface area (Å²) >= 11 is 0. The number of urea groups is 1. The van der Waals surface area contributed by atoms with Gasteiger partial charge in [-0.25, -0.2) is 14.5 Å². The van der Waals surface area contributed by atoms with E-state index in [9.17, 15) is 35.9 Å². The second-order valence-corrected chi connectivity index (χ2v) is 7.23. The van der Waals surface area contributed by atoms with Crippen LogP contribution in [0.3, 0.4) is 0 Å². The van der Waals surface area contributed by atoms with E-state index in [1.54, 1.807) is 0 Å². The molecule has 0 N–H and O–H groups in total. The van der Waals surface area contributed by atoms with Crippen LogP contribution in [-0.4, -0.2) is 77.0 Å². The van der Waals surface area contributed by atoms with Crippen LogP contribution in [0.4, 0.5) is 31.1 Å². The fraction of sp³-hybridized carbons (Fsp3) is 0.400. The van der Waals surface area contributed by atoms with Crippen molar-refractivity contribution in [3.63, 3.8) is 0 Å². The summed E-state index contributed by atoms with van der Waals surface area (Å²) < 4.78 is 89.7. The van der Waals surface area contributed by atoms with Crippen LogP contribution in [0.1, 0.15) is 11.1 Å². The molecular formula is C20H19F6N5O4. The second kappa shape index (κ2) is 10.0. The summed E-state index contributed by atoms with van der Waals surface area (Å²) in [6.45, 7) is 0.123. The highest BCUT2D eigenvalue weighted by Crippen LogP contribution is 2.38. The van der Waals surface area contributed by atoms with Gasteiger partial charge >= 0.3 is 18.4 Å². The average Bonchev–Trinajstić information content (AvgIpc) is 3.33. The first-order chi connectivity index (χ1) is 16.4. The van der Waals surface area contributed by atoms with E-state index >= 15 is 0 Å². The first kappa shape index (κ1) is 26.2. The topological polar surface area (TPSA) is 89.8 Å². The molecule has 0 bridgehead atoms. The number of carbonyl (C=O) groups excluding carboxylic acids is 2.